The monoisotopic (exact) mass is 320 g/mol. The van der Waals surface area contributed by atoms with Gasteiger partial charge in [0, 0.05) is 0 Å². The first kappa shape index (κ1) is 14.5. The van der Waals surface area contributed by atoms with E-state index in [-0.39, 0.29) is 0 Å². The fourth-order valence-corrected chi connectivity index (χ4v) is 4.56. The zero-order valence-electron chi connectivity index (χ0n) is 14.9. The van der Waals surface area contributed by atoms with Gasteiger partial charge in [-0.05, 0) is 75.3 Å². The van der Waals surface area contributed by atoms with E-state index in [2.05, 4.69) is 87.5 Å². The van der Waals surface area contributed by atoms with Crippen molar-refractivity contribution in [3.63, 3.8) is 0 Å². The molecule has 0 unspecified atom stereocenters. The normalized spacial score (nSPS) is 11.8. The molecule has 0 fully saturated rings. The molecule has 0 heteroatoms. The molecule has 0 aliphatic heterocycles. The number of hydrogen-bond donors (Lipinski definition) is 0. The first-order chi connectivity index (χ1) is 12.1. The summed E-state index contributed by atoms with van der Waals surface area (Å²) in [5, 5.41) is 8.12. The Kier molecular flexibility index (Phi) is 2.93. The Morgan fingerprint density at radius 3 is 1.80 bits per heavy atom. The van der Waals surface area contributed by atoms with Crippen molar-refractivity contribution in [2.24, 2.45) is 0 Å². The highest BCUT2D eigenvalue weighted by Crippen LogP contribution is 2.40. The van der Waals surface area contributed by atoms with Gasteiger partial charge in [-0.25, -0.2) is 0 Å². The van der Waals surface area contributed by atoms with Crippen molar-refractivity contribution >= 4 is 32.3 Å². The summed E-state index contributed by atoms with van der Waals surface area (Å²) in [4.78, 5) is 0. The second kappa shape index (κ2) is 5.07. The van der Waals surface area contributed by atoms with Gasteiger partial charge in [0.25, 0.3) is 0 Å². The van der Waals surface area contributed by atoms with Crippen LogP contribution < -0.4 is 0 Å². The average Bonchev–Trinajstić information content (AvgIpc) is 2.60. The summed E-state index contributed by atoms with van der Waals surface area (Å²) in [5.41, 5.74) is 6.76. The first-order valence-electron chi connectivity index (χ1n) is 8.88. The lowest BCUT2D eigenvalue weighted by Crippen LogP contribution is -1.92. The lowest BCUT2D eigenvalue weighted by atomic mass is 9.87. The van der Waals surface area contributed by atoms with Crippen molar-refractivity contribution in [2.45, 2.75) is 20.8 Å². The summed E-state index contributed by atoms with van der Waals surface area (Å²) in [6, 6.07) is 24.8. The molecule has 0 nitrogen and oxygen atoms in total. The number of rotatable bonds is 1. The van der Waals surface area contributed by atoms with E-state index in [0.717, 1.165) is 0 Å². The molecule has 25 heavy (non-hydrogen) atoms. The van der Waals surface area contributed by atoms with Crippen LogP contribution in [0.2, 0.25) is 0 Å². The Labute approximate surface area is 148 Å². The van der Waals surface area contributed by atoms with Gasteiger partial charge in [-0.3, -0.25) is 0 Å². The molecule has 0 heterocycles. The van der Waals surface area contributed by atoms with Gasteiger partial charge in [0.2, 0.25) is 0 Å². The van der Waals surface area contributed by atoms with Crippen LogP contribution in [0.1, 0.15) is 16.7 Å². The fraction of sp³-hybridized carbons (Fsp3) is 0.120. The molecule has 120 valence electrons. The predicted octanol–water partition coefficient (Wildman–Crippen LogP) is 7.18. The van der Waals surface area contributed by atoms with Crippen LogP contribution in [0.3, 0.4) is 0 Å². The van der Waals surface area contributed by atoms with Crippen molar-refractivity contribution in [1.82, 2.24) is 0 Å². The van der Waals surface area contributed by atoms with Gasteiger partial charge in [0.1, 0.15) is 0 Å². The van der Waals surface area contributed by atoms with Crippen molar-refractivity contribution in [3.05, 3.63) is 83.4 Å². The van der Waals surface area contributed by atoms with Crippen molar-refractivity contribution in [3.8, 4) is 11.1 Å². The van der Waals surface area contributed by atoms with Gasteiger partial charge in [0.05, 0.1) is 0 Å². The Hall–Kier alpha value is -2.86. The average molecular weight is 320 g/mol. The molecule has 0 aliphatic rings. The van der Waals surface area contributed by atoms with E-state index in [9.17, 15) is 0 Å². The van der Waals surface area contributed by atoms with Crippen molar-refractivity contribution in [1.29, 1.82) is 0 Å². The van der Waals surface area contributed by atoms with E-state index in [1.165, 1.54) is 60.1 Å². The maximum Gasteiger partial charge on any atom is -0.00206 e. The molecule has 5 aromatic rings. The Morgan fingerprint density at radius 1 is 0.560 bits per heavy atom. The summed E-state index contributed by atoms with van der Waals surface area (Å²) >= 11 is 0. The highest BCUT2D eigenvalue weighted by atomic mass is 14.2. The highest BCUT2D eigenvalue weighted by molar-refractivity contribution is 6.25. The second-order valence-corrected chi connectivity index (χ2v) is 7.24. The zero-order valence-corrected chi connectivity index (χ0v) is 14.9. The minimum Gasteiger partial charge on any atom is -0.0610 e. The lowest BCUT2D eigenvalue weighted by molar-refractivity contribution is 1.32. The fourth-order valence-electron chi connectivity index (χ4n) is 4.56. The van der Waals surface area contributed by atoms with Gasteiger partial charge in [-0.1, -0.05) is 72.3 Å². The molecule has 5 aromatic carbocycles. The van der Waals surface area contributed by atoms with Crippen LogP contribution in [0.5, 0.6) is 0 Å². The molecule has 0 atom stereocenters. The molecule has 0 saturated heterocycles. The number of benzene rings is 5. The molecule has 0 aromatic heterocycles. The van der Waals surface area contributed by atoms with Crippen LogP contribution in [-0.4, -0.2) is 0 Å². The molecule has 0 radical (unpaired) electrons. The molecule has 0 amide bonds. The minimum absolute atomic E-state index is 1.32. The maximum atomic E-state index is 2.30. The first-order valence-corrected chi connectivity index (χ1v) is 8.88. The zero-order chi connectivity index (χ0) is 17.1. The SMILES string of the molecule is Cc1cc(C)c(-c2ccc3ccc4cccc5ccc2c3c45)c(C)c1. The maximum absolute atomic E-state index is 2.30. The van der Waals surface area contributed by atoms with Gasteiger partial charge in [-0.15, -0.1) is 0 Å². The van der Waals surface area contributed by atoms with Crippen LogP contribution in [-0.2, 0) is 0 Å². The standard InChI is InChI=1S/C25H20/c1-15-13-16(2)23(17(3)14-15)21-11-10-20-8-7-18-5-4-6-19-9-12-22(21)25(20)24(18)19/h4-14H,1-3H3. The summed E-state index contributed by atoms with van der Waals surface area (Å²) in [5.74, 6) is 0. The Bertz CT molecular complexity index is 1220. The summed E-state index contributed by atoms with van der Waals surface area (Å²) < 4.78 is 0. The Balaban J connectivity index is 1.99. The van der Waals surface area contributed by atoms with Crippen LogP contribution in [0.25, 0.3) is 43.4 Å². The van der Waals surface area contributed by atoms with E-state index >= 15 is 0 Å². The number of hydrogen-bond acceptors (Lipinski definition) is 0. The second-order valence-electron chi connectivity index (χ2n) is 7.24. The van der Waals surface area contributed by atoms with E-state index in [1.54, 1.807) is 0 Å². The molecule has 0 saturated carbocycles. The van der Waals surface area contributed by atoms with Gasteiger partial charge in [0.15, 0.2) is 0 Å². The van der Waals surface area contributed by atoms with Gasteiger partial charge >= 0.3 is 0 Å². The van der Waals surface area contributed by atoms with Gasteiger partial charge < -0.3 is 0 Å². The van der Waals surface area contributed by atoms with Crippen LogP contribution in [0, 0.1) is 20.8 Å². The van der Waals surface area contributed by atoms with E-state index in [4.69, 9.17) is 0 Å². The molecule has 0 N–H and O–H groups in total. The molecule has 0 aliphatic carbocycles. The largest absolute Gasteiger partial charge is 0.0610 e. The molecule has 0 bridgehead atoms. The topological polar surface area (TPSA) is 0 Å². The third kappa shape index (κ3) is 2.01. The van der Waals surface area contributed by atoms with E-state index in [1.807, 2.05) is 0 Å². The quantitative estimate of drug-likeness (QED) is 0.287. The van der Waals surface area contributed by atoms with Crippen molar-refractivity contribution < 1.29 is 0 Å². The lowest BCUT2D eigenvalue weighted by Gasteiger charge is -2.17. The smallest absolute Gasteiger partial charge is 0.00206 e. The molecular weight excluding hydrogens is 300 g/mol. The van der Waals surface area contributed by atoms with Gasteiger partial charge in [-0.2, -0.15) is 0 Å². The summed E-state index contributed by atoms with van der Waals surface area (Å²) in [7, 11) is 0. The van der Waals surface area contributed by atoms with E-state index < -0.39 is 0 Å². The van der Waals surface area contributed by atoms with Crippen molar-refractivity contribution in [2.75, 3.05) is 0 Å². The molecule has 5 rings (SSSR count). The highest BCUT2D eigenvalue weighted by Gasteiger charge is 2.14. The third-order valence-electron chi connectivity index (χ3n) is 5.48. The summed E-state index contributed by atoms with van der Waals surface area (Å²) in [6.45, 7) is 6.63. The minimum atomic E-state index is 1.32. The van der Waals surface area contributed by atoms with Crippen LogP contribution in [0.15, 0.2) is 66.7 Å². The molecule has 0 spiro atoms. The van der Waals surface area contributed by atoms with Crippen LogP contribution >= 0.6 is 0 Å². The predicted molar refractivity (Wildman–Crippen MR) is 110 cm³/mol. The van der Waals surface area contributed by atoms with E-state index in [0.29, 0.717) is 0 Å². The van der Waals surface area contributed by atoms with Crippen LogP contribution in [0.4, 0.5) is 0 Å². The third-order valence-corrected chi connectivity index (χ3v) is 5.48. The Morgan fingerprint density at radius 2 is 1.12 bits per heavy atom. The summed E-state index contributed by atoms with van der Waals surface area (Å²) in [6.07, 6.45) is 0. The molecular formula is C25H20. The number of aryl methyl sites for hydroxylation is 3.